The van der Waals surface area contributed by atoms with Crippen LogP contribution in [0.25, 0.3) is 44.8 Å². The second kappa shape index (κ2) is 6.65. The van der Waals surface area contributed by atoms with E-state index >= 15 is 0 Å². The third kappa shape index (κ3) is 2.73. The van der Waals surface area contributed by atoms with Gasteiger partial charge in [-0.1, -0.05) is 0 Å². The largest absolute Gasteiger partial charge is 0.368 e. The van der Waals surface area contributed by atoms with E-state index in [1.54, 1.807) is 4.68 Å². The van der Waals surface area contributed by atoms with Gasteiger partial charge in [0, 0.05) is 31.9 Å². The van der Waals surface area contributed by atoms with Crippen LogP contribution in [0.4, 0.5) is 5.69 Å². The first-order chi connectivity index (χ1) is 14.8. The van der Waals surface area contributed by atoms with Crippen molar-refractivity contribution in [1.29, 1.82) is 0 Å². The number of aromatic nitrogens is 8. The Labute approximate surface area is 172 Å². The van der Waals surface area contributed by atoms with Crippen molar-refractivity contribution in [1.82, 2.24) is 39.9 Å². The highest BCUT2D eigenvalue weighted by Crippen LogP contribution is 2.31. The van der Waals surface area contributed by atoms with E-state index < -0.39 is 0 Å². The van der Waals surface area contributed by atoms with Gasteiger partial charge in [-0.2, -0.15) is 10.2 Å². The smallest absolute Gasteiger partial charge is 0.161 e. The Kier molecular flexibility index (Phi) is 3.80. The summed E-state index contributed by atoms with van der Waals surface area (Å²) in [6, 6.07) is 3.96. The van der Waals surface area contributed by atoms with Crippen molar-refractivity contribution in [2.45, 2.75) is 19.3 Å². The molecule has 5 aromatic heterocycles. The number of anilines is 1. The first kappa shape index (κ1) is 17.1. The topological polar surface area (TPSA) is 104 Å². The molecular weight excluding hydrogens is 378 g/mol. The van der Waals surface area contributed by atoms with Crippen molar-refractivity contribution in [3.05, 3.63) is 36.9 Å². The van der Waals surface area contributed by atoms with E-state index in [1.165, 1.54) is 19.3 Å². The van der Waals surface area contributed by atoms with E-state index in [1.807, 2.05) is 44.0 Å². The minimum Gasteiger partial charge on any atom is -0.368 e. The summed E-state index contributed by atoms with van der Waals surface area (Å²) in [5.74, 6) is 0.693. The van der Waals surface area contributed by atoms with E-state index in [0.717, 1.165) is 52.1 Å². The average molecular weight is 399 g/mol. The van der Waals surface area contributed by atoms with Crippen LogP contribution in [-0.4, -0.2) is 53.0 Å². The van der Waals surface area contributed by atoms with Gasteiger partial charge >= 0.3 is 0 Å². The molecule has 5 aromatic rings. The summed E-state index contributed by atoms with van der Waals surface area (Å²) in [7, 11) is 1.90. The second-order valence-corrected chi connectivity index (χ2v) is 7.76. The summed E-state index contributed by atoms with van der Waals surface area (Å²) < 4.78 is 1.77. The molecule has 9 heteroatoms. The molecular formula is C21H21N9. The second-order valence-electron chi connectivity index (χ2n) is 7.76. The fourth-order valence-electron chi connectivity index (χ4n) is 4.18. The third-order valence-electron chi connectivity index (χ3n) is 5.70. The predicted octanol–water partition coefficient (Wildman–Crippen LogP) is 3.29. The summed E-state index contributed by atoms with van der Waals surface area (Å²) in [5.41, 5.74) is 7.09. The molecule has 0 amide bonds. The lowest BCUT2D eigenvalue weighted by atomic mass is 10.1. The van der Waals surface area contributed by atoms with Crippen LogP contribution in [0.15, 0.2) is 36.9 Å². The van der Waals surface area contributed by atoms with Gasteiger partial charge < -0.3 is 9.88 Å². The summed E-state index contributed by atoms with van der Waals surface area (Å²) in [5, 5.41) is 11.8. The van der Waals surface area contributed by atoms with Gasteiger partial charge in [-0.3, -0.25) is 14.8 Å². The highest BCUT2D eigenvalue weighted by Gasteiger charge is 2.19. The first-order valence-electron chi connectivity index (χ1n) is 10.2. The number of nitrogens with zero attached hydrogens (tertiary/aromatic N) is 7. The van der Waals surface area contributed by atoms with Gasteiger partial charge in [-0.05, 0) is 31.4 Å². The zero-order chi connectivity index (χ0) is 20.1. The number of nitrogens with one attached hydrogen (secondary N) is 2. The first-order valence-corrected chi connectivity index (χ1v) is 10.2. The number of H-pyrrole nitrogens is 2. The molecule has 30 heavy (non-hydrogen) atoms. The number of fused-ring (bicyclic) bond motifs is 2. The quantitative estimate of drug-likeness (QED) is 0.482. The number of hydrogen-bond acceptors (Lipinski definition) is 6. The molecule has 1 saturated heterocycles. The Hall–Kier alpha value is -3.75. The van der Waals surface area contributed by atoms with Crippen LogP contribution in [-0.2, 0) is 7.05 Å². The number of hydrogen-bond donors (Lipinski definition) is 2. The standard InChI is InChI=1S/C21H21N9/c1-29-12-13(9-23-29)14-5-6-15-19(24-14)20(28-27-15)21-25-16-10-22-11-17(18(16)26-21)30-7-3-2-4-8-30/h5-6,9-12H,2-4,7-8H2,1H3,(H,25,26)(H,27,28). The number of rotatable bonds is 3. The molecule has 6 heterocycles. The van der Waals surface area contributed by atoms with Crippen molar-refractivity contribution in [3.8, 4) is 22.8 Å². The Morgan fingerprint density at radius 3 is 2.67 bits per heavy atom. The van der Waals surface area contributed by atoms with Gasteiger partial charge in [0.25, 0.3) is 0 Å². The Morgan fingerprint density at radius 1 is 0.933 bits per heavy atom. The monoisotopic (exact) mass is 399 g/mol. The summed E-state index contributed by atoms with van der Waals surface area (Å²) in [6.07, 6.45) is 11.2. The lowest BCUT2D eigenvalue weighted by molar-refractivity contribution is 0.578. The third-order valence-corrected chi connectivity index (χ3v) is 5.70. The van der Waals surface area contributed by atoms with Crippen molar-refractivity contribution in [2.24, 2.45) is 7.05 Å². The molecule has 9 nitrogen and oxygen atoms in total. The normalized spacial score (nSPS) is 14.8. The zero-order valence-electron chi connectivity index (χ0n) is 16.6. The molecule has 0 saturated carbocycles. The Bertz CT molecular complexity index is 1350. The van der Waals surface area contributed by atoms with Crippen molar-refractivity contribution in [3.63, 3.8) is 0 Å². The fourth-order valence-corrected chi connectivity index (χ4v) is 4.18. The van der Waals surface area contributed by atoms with Crippen LogP contribution in [0.2, 0.25) is 0 Å². The van der Waals surface area contributed by atoms with Crippen molar-refractivity contribution < 1.29 is 0 Å². The predicted molar refractivity (Wildman–Crippen MR) is 115 cm³/mol. The Morgan fingerprint density at radius 2 is 1.83 bits per heavy atom. The maximum absolute atomic E-state index is 4.91. The number of piperidine rings is 1. The van der Waals surface area contributed by atoms with Crippen LogP contribution in [0.5, 0.6) is 0 Å². The molecule has 6 rings (SSSR count). The molecule has 2 N–H and O–H groups in total. The molecule has 0 atom stereocenters. The molecule has 1 aliphatic rings. The highest BCUT2D eigenvalue weighted by atomic mass is 15.2. The van der Waals surface area contributed by atoms with Crippen LogP contribution >= 0.6 is 0 Å². The van der Waals surface area contributed by atoms with E-state index in [-0.39, 0.29) is 0 Å². The van der Waals surface area contributed by atoms with Gasteiger partial charge in [0.2, 0.25) is 0 Å². The van der Waals surface area contributed by atoms with Gasteiger partial charge in [0.15, 0.2) is 11.5 Å². The van der Waals surface area contributed by atoms with Gasteiger partial charge in [-0.25, -0.2) is 9.97 Å². The number of aryl methyl sites for hydroxylation is 1. The average Bonchev–Trinajstić information content (AvgIpc) is 3.50. The van der Waals surface area contributed by atoms with E-state index in [9.17, 15) is 0 Å². The van der Waals surface area contributed by atoms with E-state index in [2.05, 4.69) is 30.2 Å². The summed E-state index contributed by atoms with van der Waals surface area (Å²) in [6.45, 7) is 2.09. The van der Waals surface area contributed by atoms with Crippen LogP contribution < -0.4 is 4.90 Å². The van der Waals surface area contributed by atoms with E-state index in [0.29, 0.717) is 11.5 Å². The number of imidazole rings is 1. The highest BCUT2D eigenvalue weighted by molar-refractivity contribution is 5.94. The lowest BCUT2D eigenvalue weighted by Gasteiger charge is -2.28. The van der Waals surface area contributed by atoms with Crippen LogP contribution in [0, 0.1) is 0 Å². The summed E-state index contributed by atoms with van der Waals surface area (Å²) >= 11 is 0. The molecule has 150 valence electrons. The number of pyridine rings is 2. The maximum Gasteiger partial charge on any atom is 0.161 e. The van der Waals surface area contributed by atoms with Crippen LogP contribution in [0.1, 0.15) is 19.3 Å². The molecule has 0 bridgehead atoms. The van der Waals surface area contributed by atoms with Crippen molar-refractivity contribution in [2.75, 3.05) is 18.0 Å². The minimum absolute atomic E-state index is 0.693. The molecule has 0 aromatic carbocycles. The lowest BCUT2D eigenvalue weighted by Crippen LogP contribution is -2.29. The van der Waals surface area contributed by atoms with Crippen molar-refractivity contribution >= 4 is 27.8 Å². The van der Waals surface area contributed by atoms with Crippen LogP contribution in [0.3, 0.4) is 0 Å². The van der Waals surface area contributed by atoms with Gasteiger partial charge in [0.05, 0.1) is 41.0 Å². The van der Waals surface area contributed by atoms with Gasteiger partial charge in [-0.15, -0.1) is 0 Å². The fraction of sp³-hybridized carbons (Fsp3) is 0.286. The Balaban J connectivity index is 1.47. The molecule has 0 spiro atoms. The van der Waals surface area contributed by atoms with E-state index in [4.69, 9.17) is 9.97 Å². The molecule has 1 aliphatic heterocycles. The maximum atomic E-state index is 4.91. The molecule has 1 fully saturated rings. The summed E-state index contributed by atoms with van der Waals surface area (Å²) in [4.78, 5) is 20.0. The molecule has 0 radical (unpaired) electrons. The zero-order valence-corrected chi connectivity index (χ0v) is 16.6. The SMILES string of the molecule is Cn1cc(-c2ccc3[nH]nc(-c4nc5c(N6CCCCC6)cncc5[nH]4)c3n2)cn1. The molecule has 0 aliphatic carbocycles. The number of aromatic amines is 2. The van der Waals surface area contributed by atoms with Gasteiger partial charge in [0.1, 0.15) is 11.0 Å². The molecule has 0 unspecified atom stereocenters. The minimum atomic E-state index is 0.693.